The molecule has 0 aromatic heterocycles. The van der Waals surface area contributed by atoms with Crippen LogP contribution in [0.1, 0.15) is 33.1 Å². The lowest BCUT2D eigenvalue weighted by molar-refractivity contribution is 0.0283. The van der Waals surface area contributed by atoms with Crippen molar-refractivity contribution in [2.45, 2.75) is 45.3 Å². The van der Waals surface area contributed by atoms with Crippen molar-refractivity contribution >= 4 is 0 Å². The van der Waals surface area contributed by atoms with Gasteiger partial charge in [0.05, 0.1) is 13.2 Å². The monoisotopic (exact) mass is 238 g/mol. The normalized spacial score (nSPS) is 14.1. The number of aliphatic hydroxyl groups excluding tert-OH is 1. The third-order valence-electron chi connectivity index (χ3n) is 2.74. The highest BCUT2D eigenvalue weighted by Crippen LogP contribution is 2.22. The minimum absolute atomic E-state index is 0.151. The van der Waals surface area contributed by atoms with Crippen LogP contribution in [0.3, 0.4) is 0 Å². The third kappa shape index (κ3) is 4.27. The summed E-state index contributed by atoms with van der Waals surface area (Å²) in [5.74, 6) is 1.51. The highest BCUT2D eigenvalue weighted by molar-refractivity contribution is 5.33. The first-order chi connectivity index (χ1) is 8.21. The van der Waals surface area contributed by atoms with Crippen molar-refractivity contribution in [3.05, 3.63) is 24.3 Å². The van der Waals surface area contributed by atoms with Crippen LogP contribution in [0.25, 0.3) is 0 Å². The van der Waals surface area contributed by atoms with Gasteiger partial charge < -0.3 is 14.6 Å². The van der Waals surface area contributed by atoms with Crippen LogP contribution in [0.5, 0.6) is 11.5 Å². The number of ether oxygens (including phenoxy) is 2. The molecular formula is C14H22O3. The number of hydrogen-bond acceptors (Lipinski definition) is 3. The molecule has 0 bridgehead atoms. The standard InChI is InChI=1S/C14H22O3/c1-4-7-13(15)14(5-2)17-12-9-6-8-11(10-12)16-3/h6,8-10,13-15H,4-5,7H2,1-3H3. The fourth-order valence-electron chi connectivity index (χ4n) is 1.76. The smallest absolute Gasteiger partial charge is 0.124 e. The zero-order valence-corrected chi connectivity index (χ0v) is 10.8. The summed E-state index contributed by atoms with van der Waals surface area (Å²) < 4.78 is 10.9. The molecule has 0 saturated carbocycles. The van der Waals surface area contributed by atoms with E-state index in [1.165, 1.54) is 0 Å². The summed E-state index contributed by atoms with van der Waals surface area (Å²) in [6, 6.07) is 7.47. The predicted molar refractivity (Wildman–Crippen MR) is 68.6 cm³/mol. The van der Waals surface area contributed by atoms with Gasteiger partial charge in [0.15, 0.2) is 0 Å². The van der Waals surface area contributed by atoms with Gasteiger partial charge in [0.1, 0.15) is 17.6 Å². The Morgan fingerprint density at radius 1 is 1.24 bits per heavy atom. The summed E-state index contributed by atoms with van der Waals surface area (Å²) in [7, 11) is 1.63. The molecule has 1 aromatic carbocycles. The van der Waals surface area contributed by atoms with E-state index in [-0.39, 0.29) is 6.10 Å². The maximum Gasteiger partial charge on any atom is 0.124 e. The first kappa shape index (κ1) is 13.8. The largest absolute Gasteiger partial charge is 0.497 e. The lowest BCUT2D eigenvalue weighted by Gasteiger charge is -2.23. The highest BCUT2D eigenvalue weighted by atomic mass is 16.5. The van der Waals surface area contributed by atoms with Gasteiger partial charge in [-0.3, -0.25) is 0 Å². The van der Waals surface area contributed by atoms with Crippen LogP contribution < -0.4 is 9.47 Å². The van der Waals surface area contributed by atoms with E-state index < -0.39 is 6.10 Å². The Bertz CT molecular complexity index is 325. The van der Waals surface area contributed by atoms with Crippen molar-refractivity contribution in [2.24, 2.45) is 0 Å². The van der Waals surface area contributed by atoms with Crippen molar-refractivity contribution in [3.63, 3.8) is 0 Å². The third-order valence-corrected chi connectivity index (χ3v) is 2.74. The van der Waals surface area contributed by atoms with Crippen LogP contribution in [0, 0.1) is 0 Å². The first-order valence-corrected chi connectivity index (χ1v) is 6.20. The summed E-state index contributed by atoms with van der Waals surface area (Å²) in [5, 5.41) is 9.94. The second-order valence-corrected chi connectivity index (χ2v) is 4.10. The van der Waals surface area contributed by atoms with E-state index in [0.29, 0.717) is 0 Å². The van der Waals surface area contributed by atoms with E-state index in [1.807, 2.05) is 31.2 Å². The van der Waals surface area contributed by atoms with Gasteiger partial charge in [-0.2, -0.15) is 0 Å². The Morgan fingerprint density at radius 3 is 2.53 bits per heavy atom. The van der Waals surface area contributed by atoms with E-state index in [4.69, 9.17) is 9.47 Å². The maximum absolute atomic E-state index is 9.94. The van der Waals surface area contributed by atoms with Gasteiger partial charge in [-0.05, 0) is 25.0 Å². The summed E-state index contributed by atoms with van der Waals surface area (Å²) in [6.45, 7) is 4.07. The molecule has 0 saturated heterocycles. The number of methoxy groups -OCH3 is 1. The number of aliphatic hydroxyl groups is 1. The molecule has 3 heteroatoms. The molecule has 0 spiro atoms. The zero-order chi connectivity index (χ0) is 12.7. The van der Waals surface area contributed by atoms with Gasteiger partial charge in [-0.15, -0.1) is 0 Å². The van der Waals surface area contributed by atoms with Gasteiger partial charge in [0.25, 0.3) is 0 Å². The lowest BCUT2D eigenvalue weighted by Crippen LogP contribution is -2.30. The minimum Gasteiger partial charge on any atom is -0.497 e. The van der Waals surface area contributed by atoms with Crippen LogP contribution in [-0.4, -0.2) is 24.4 Å². The summed E-state index contributed by atoms with van der Waals surface area (Å²) in [6.07, 6.45) is 1.96. The second-order valence-electron chi connectivity index (χ2n) is 4.10. The fourth-order valence-corrected chi connectivity index (χ4v) is 1.76. The van der Waals surface area contributed by atoms with E-state index in [2.05, 4.69) is 6.92 Å². The van der Waals surface area contributed by atoms with Crippen LogP contribution >= 0.6 is 0 Å². The second kappa shape index (κ2) is 7.17. The Labute approximate surface area is 103 Å². The Kier molecular flexibility index (Phi) is 5.84. The average Bonchev–Trinajstić information content (AvgIpc) is 2.36. The van der Waals surface area contributed by atoms with Gasteiger partial charge in [0, 0.05) is 6.07 Å². The molecule has 0 amide bonds. The maximum atomic E-state index is 9.94. The number of rotatable bonds is 7. The Morgan fingerprint density at radius 2 is 1.94 bits per heavy atom. The van der Waals surface area contributed by atoms with E-state index >= 15 is 0 Å². The SMILES string of the molecule is CCCC(O)C(CC)Oc1cccc(OC)c1. The first-order valence-electron chi connectivity index (χ1n) is 6.20. The van der Waals surface area contributed by atoms with Crippen LogP contribution in [0.4, 0.5) is 0 Å². The molecule has 1 rings (SSSR count). The lowest BCUT2D eigenvalue weighted by atomic mass is 10.1. The molecule has 0 fully saturated rings. The highest BCUT2D eigenvalue weighted by Gasteiger charge is 2.18. The molecular weight excluding hydrogens is 216 g/mol. The van der Waals surface area contributed by atoms with Crippen LogP contribution in [0.2, 0.25) is 0 Å². The molecule has 17 heavy (non-hydrogen) atoms. The molecule has 0 aliphatic rings. The van der Waals surface area contributed by atoms with E-state index in [0.717, 1.165) is 30.8 Å². The van der Waals surface area contributed by atoms with Crippen molar-refractivity contribution in [2.75, 3.05) is 7.11 Å². The van der Waals surface area contributed by atoms with Crippen LogP contribution in [-0.2, 0) is 0 Å². The van der Waals surface area contributed by atoms with E-state index in [1.54, 1.807) is 7.11 Å². The molecule has 0 radical (unpaired) electrons. The predicted octanol–water partition coefficient (Wildman–Crippen LogP) is 3.01. The fraction of sp³-hybridized carbons (Fsp3) is 0.571. The van der Waals surface area contributed by atoms with E-state index in [9.17, 15) is 5.11 Å². The molecule has 0 aliphatic carbocycles. The van der Waals surface area contributed by atoms with Gasteiger partial charge in [0.2, 0.25) is 0 Å². The zero-order valence-electron chi connectivity index (χ0n) is 10.8. The molecule has 96 valence electrons. The Hall–Kier alpha value is -1.22. The molecule has 1 aromatic rings. The van der Waals surface area contributed by atoms with Crippen molar-refractivity contribution in [1.82, 2.24) is 0 Å². The molecule has 2 unspecified atom stereocenters. The quantitative estimate of drug-likeness (QED) is 0.793. The average molecular weight is 238 g/mol. The molecule has 3 nitrogen and oxygen atoms in total. The molecule has 0 heterocycles. The minimum atomic E-state index is -0.406. The van der Waals surface area contributed by atoms with Gasteiger partial charge in [-0.1, -0.05) is 26.3 Å². The Balaban J connectivity index is 2.66. The summed E-state index contributed by atoms with van der Waals surface area (Å²) in [4.78, 5) is 0. The van der Waals surface area contributed by atoms with Crippen LogP contribution in [0.15, 0.2) is 24.3 Å². The number of benzene rings is 1. The summed E-state index contributed by atoms with van der Waals surface area (Å²) in [5.41, 5.74) is 0. The number of hydrogen-bond donors (Lipinski definition) is 1. The molecule has 0 aliphatic heterocycles. The van der Waals surface area contributed by atoms with Gasteiger partial charge in [-0.25, -0.2) is 0 Å². The van der Waals surface area contributed by atoms with Crippen molar-refractivity contribution < 1.29 is 14.6 Å². The van der Waals surface area contributed by atoms with Crippen molar-refractivity contribution in [1.29, 1.82) is 0 Å². The molecule has 1 N–H and O–H groups in total. The topological polar surface area (TPSA) is 38.7 Å². The van der Waals surface area contributed by atoms with Gasteiger partial charge >= 0.3 is 0 Å². The van der Waals surface area contributed by atoms with Crippen molar-refractivity contribution in [3.8, 4) is 11.5 Å². The summed E-state index contributed by atoms with van der Waals surface area (Å²) >= 11 is 0. The molecule has 2 atom stereocenters.